The van der Waals surface area contributed by atoms with Crippen LogP contribution in [0.15, 0.2) is 47.9 Å². The van der Waals surface area contributed by atoms with Crippen molar-refractivity contribution in [3.63, 3.8) is 0 Å². The molecule has 3 aromatic heterocycles. The zero-order valence-electron chi connectivity index (χ0n) is 16.8. The molecule has 2 N–H and O–H groups in total. The fraction of sp³-hybridized carbons (Fsp3) is 0.227. The van der Waals surface area contributed by atoms with Crippen molar-refractivity contribution in [3.8, 4) is 16.2 Å². The Balaban J connectivity index is 1.67. The minimum absolute atomic E-state index is 0.0465. The van der Waals surface area contributed by atoms with Crippen LogP contribution in [0, 0.1) is 0 Å². The van der Waals surface area contributed by atoms with E-state index in [-0.39, 0.29) is 11.9 Å². The molecular formula is C22H20BrN5O2S. The van der Waals surface area contributed by atoms with Crippen LogP contribution in [-0.4, -0.2) is 45.5 Å². The number of rotatable bonds is 4. The van der Waals surface area contributed by atoms with Crippen molar-refractivity contribution in [2.24, 2.45) is 0 Å². The number of hydrogen-bond acceptors (Lipinski definition) is 6. The Labute approximate surface area is 191 Å². The Morgan fingerprint density at radius 1 is 1.42 bits per heavy atom. The molecule has 31 heavy (non-hydrogen) atoms. The SMILES string of the molecule is C=CC(=O)N1CC[C@H](n2cc(-c3cc4c(Br)ccc(OC)c4s3)c3c(N)ncnc32)C1. The second-order valence-electron chi connectivity index (χ2n) is 7.44. The largest absolute Gasteiger partial charge is 0.495 e. The number of anilines is 1. The number of likely N-dealkylation sites (tertiary alicyclic amines) is 1. The highest BCUT2D eigenvalue weighted by Crippen LogP contribution is 2.45. The van der Waals surface area contributed by atoms with E-state index < -0.39 is 0 Å². The van der Waals surface area contributed by atoms with Crippen LogP contribution in [-0.2, 0) is 4.79 Å². The predicted octanol–water partition coefficient (Wildman–Crippen LogP) is 4.63. The number of hydrogen-bond donors (Lipinski definition) is 1. The lowest BCUT2D eigenvalue weighted by Gasteiger charge is -2.15. The van der Waals surface area contributed by atoms with Crippen molar-refractivity contribution in [3.05, 3.63) is 47.9 Å². The molecular weight excluding hydrogens is 478 g/mol. The van der Waals surface area contributed by atoms with Gasteiger partial charge >= 0.3 is 0 Å². The first-order valence-corrected chi connectivity index (χ1v) is 11.4. The van der Waals surface area contributed by atoms with Crippen LogP contribution in [0.3, 0.4) is 0 Å². The maximum Gasteiger partial charge on any atom is 0.246 e. The van der Waals surface area contributed by atoms with Gasteiger partial charge in [-0.3, -0.25) is 4.79 Å². The molecule has 1 aromatic carbocycles. The van der Waals surface area contributed by atoms with Crippen LogP contribution in [0.2, 0.25) is 0 Å². The normalized spacial score (nSPS) is 16.3. The summed E-state index contributed by atoms with van der Waals surface area (Å²) in [5.41, 5.74) is 8.08. The van der Waals surface area contributed by atoms with E-state index in [2.05, 4.69) is 49.3 Å². The summed E-state index contributed by atoms with van der Waals surface area (Å²) in [4.78, 5) is 23.7. The molecule has 1 saturated heterocycles. The van der Waals surface area contributed by atoms with Crippen LogP contribution < -0.4 is 10.5 Å². The standard InChI is InChI=1S/C22H20BrN5O2S/c1-3-18(29)27-7-6-12(9-27)28-10-14(19-21(24)25-11-26-22(19)28)17-8-13-15(23)4-5-16(30-2)20(13)31-17/h3-5,8,10-12H,1,6-7,9H2,2H3,(H2,24,25,26)/t12-/m0/s1. The summed E-state index contributed by atoms with van der Waals surface area (Å²) in [6, 6.07) is 6.20. The second-order valence-corrected chi connectivity index (χ2v) is 9.35. The second kappa shape index (κ2) is 7.65. The van der Waals surface area contributed by atoms with Crippen molar-refractivity contribution in [2.45, 2.75) is 12.5 Å². The molecule has 1 aliphatic rings. The van der Waals surface area contributed by atoms with E-state index in [1.54, 1.807) is 18.4 Å². The predicted molar refractivity (Wildman–Crippen MR) is 127 cm³/mol. The third-order valence-corrected chi connectivity index (χ3v) is 7.64. The Kier molecular flexibility index (Phi) is 4.94. The molecule has 1 amide bonds. The zero-order valence-corrected chi connectivity index (χ0v) is 19.2. The number of methoxy groups -OCH3 is 1. The summed E-state index contributed by atoms with van der Waals surface area (Å²) in [6.45, 7) is 4.91. The van der Waals surface area contributed by atoms with E-state index in [4.69, 9.17) is 10.5 Å². The van der Waals surface area contributed by atoms with Crippen molar-refractivity contribution in [1.29, 1.82) is 0 Å². The van der Waals surface area contributed by atoms with Gasteiger partial charge in [-0.25, -0.2) is 9.97 Å². The Bertz CT molecular complexity index is 1340. The number of halogens is 1. The minimum Gasteiger partial charge on any atom is -0.495 e. The van der Waals surface area contributed by atoms with E-state index >= 15 is 0 Å². The van der Waals surface area contributed by atoms with Crippen LogP contribution in [0.25, 0.3) is 31.6 Å². The van der Waals surface area contributed by atoms with Crippen LogP contribution in [0.5, 0.6) is 5.75 Å². The molecule has 0 radical (unpaired) electrons. The number of thiophene rings is 1. The van der Waals surface area contributed by atoms with Crippen LogP contribution in [0.1, 0.15) is 12.5 Å². The summed E-state index contributed by atoms with van der Waals surface area (Å²) in [6.07, 6.45) is 5.79. The fourth-order valence-corrected chi connectivity index (χ4v) is 6.00. The highest BCUT2D eigenvalue weighted by molar-refractivity contribution is 9.10. The van der Waals surface area contributed by atoms with E-state index in [9.17, 15) is 4.79 Å². The Morgan fingerprint density at radius 2 is 2.26 bits per heavy atom. The number of amides is 1. The fourth-order valence-electron chi connectivity index (χ4n) is 4.23. The molecule has 0 unspecified atom stereocenters. The van der Waals surface area contributed by atoms with Gasteiger partial charge in [-0.2, -0.15) is 0 Å². The smallest absolute Gasteiger partial charge is 0.246 e. The van der Waals surface area contributed by atoms with Gasteiger partial charge in [0.05, 0.1) is 23.2 Å². The van der Waals surface area contributed by atoms with Gasteiger partial charge in [0.25, 0.3) is 0 Å². The Morgan fingerprint density at radius 3 is 3.03 bits per heavy atom. The van der Waals surface area contributed by atoms with Crippen molar-refractivity contribution in [1.82, 2.24) is 19.4 Å². The van der Waals surface area contributed by atoms with Crippen molar-refractivity contribution >= 4 is 60.1 Å². The van der Waals surface area contributed by atoms with E-state index in [1.807, 2.05) is 17.0 Å². The van der Waals surface area contributed by atoms with Gasteiger partial charge in [0, 0.05) is 39.6 Å². The van der Waals surface area contributed by atoms with Gasteiger partial charge in [0.1, 0.15) is 23.5 Å². The summed E-state index contributed by atoms with van der Waals surface area (Å²) < 4.78 is 9.77. The van der Waals surface area contributed by atoms with Crippen molar-refractivity contribution in [2.75, 3.05) is 25.9 Å². The van der Waals surface area contributed by atoms with E-state index in [1.165, 1.54) is 12.4 Å². The number of nitrogen functional groups attached to an aromatic ring is 1. The molecule has 5 rings (SSSR count). The van der Waals surface area contributed by atoms with Crippen LogP contribution in [0.4, 0.5) is 5.82 Å². The number of carbonyl (C=O) groups excluding carboxylic acids is 1. The molecule has 9 heteroatoms. The zero-order chi connectivity index (χ0) is 21.7. The number of fused-ring (bicyclic) bond motifs is 2. The van der Waals surface area contributed by atoms with Gasteiger partial charge in [0.15, 0.2) is 0 Å². The number of carbonyl (C=O) groups is 1. The van der Waals surface area contributed by atoms with E-state index in [0.29, 0.717) is 18.9 Å². The van der Waals surface area contributed by atoms with Crippen LogP contribution >= 0.6 is 27.3 Å². The third-order valence-electron chi connectivity index (χ3n) is 5.76. The average Bonchev–Trinajstić information content (AvgIpc) is 3.50. The maximum atomic E-state index is 12.1. The first kappa shape index (κ1) is 20.0. The number of aromatic nitrogens is 3. The lowest BCUT2D eigenvalue weighted by atomic mass is 10.1. The van der Waals surface area contributed by atoms with Crippen molar-refractivity contribution < 1.29 is 9.53 Å². The number of benzene rings is 1. The minimum atomic E-state index is -0.0465. The molecule has 1 aliphatic heterocycles. The third kappa shape index (κ3) is 3.19. The molecule has 4 aromatic rings. The summed E-state index contributed by atoms with van der Waals surface area (Å²) in [7, 11) is 1.68. The molecule has 1 fully saturated rings. The summed E-state index contributed by atoms with van der Waals surface area (Å²) >= 11 is 5.29. The average molecular weight is 498 g/mol. The quantitative estimate of drug-likeness (QED) is 0.415. The highest BCUT2D eigenvalue weighted by Gasteiger charge is 2.29. The number of nitrogens with zero attached hydrogens (tertiary/aromatic N) is 4. The van der Waals surface area contributed by atoms with Gasteiger partial charge in [-0.15, -0.1) is 11.3 Å². The molecule has 0 aliphatic carbocycles. The topological polar surface area (TPSA) is 86.3 Å². The molecule has 1 atom stereocenters. The lowest BCUT2D eigenvalue weighted by Crippen LogP contribution is -2.27. The molecule has 0 saturated carbocycles. The first-order chi connectivity index (χ1) is 15.0. The lowest BCUT2D eigenvalue weighted by molar-refractivity contribution is -0.125. The van der Waals surface area contributed by atoms with Gasteiger partial charge in [0.2, 0.25) is 5.91 Å². The van der Waals surface area contributed by atoms with E-state index in [0.717, 1.165) is 48.2 Å². The summed E-state index contributed by atoms with van der Waals surface area (Å²) in [5, 5.41) is 1.91. The first-order valence-electron chi connectivity index (χ1n) is 9.80. The number of nitrogens with two attached hydrogens (primary N) is 1. The highest BCUT2D eigenvalue weighted by atomic mass is 79.9. The van der Waals surface area contributed by atoms with Gasteiger partial charge in [-0.05, 0) is 30.7 Å². The molecule has 158 valence electrons. The molecule has 7 nitrogen and oxygen atoms in total. The molecule has 4 heterocycles. The number of ether oxygens (including phenoxy) is 1. The monoisotopic (exact) mass is 497 g/mol. The maximum absolute atomic E-state index is 12.1. The Hall–Kier alpha value is -2.91. The molecule has 0 spiro atoms. The van der Waals surface area contributed by atoms with Gasteiger partial charge < -0.3 is 19.9 Å². The van der Waals surface area contributed by atoms with Gasteiger partial charge in [-0.1, -0.05) is 22.5 Å². The molecule has 0 bridgehead atoms. The summed E-state index contributed by atoms with van der Waals surface area (Å²) in [5.74, 6) is 1.23.